The molecule has 1 fully saturated rings. The zero-order valence-corrected chi connectivity index (χ0v) is 11.0. The van der Waals surface area contributed by atoms with Gasteiger partial charge in [-0.3, -0.25) is 0 Å². The van der Waals surface area contributed by atoms with Crippen molar-refractivity contribution in [1.29, 1.82) is 0 Å². The van der Waals surface area contributed by atoms with Gasteiger partial charge in [0.2, 0.25) is 0 Å². The number of esters is 2. The molecule has 19 heavy (non-hydrogen) atoms. The molecule has 2 rings (SSSR count). The molecule has 0 saturated heterocycles. The largest absolute Gasteiger partial charge is 0.465 e. The molecule has 2 N–H and O–H groups in total. The third kappa shape index (κ3) is 2.18. The van der Waals surface area contributed by atoms with Crippen molar-refractivity contribution >= 4 is 17.7 Å². The van der Waals surface area contributed by atoms with E-state index in [9.17, 15) is 9.59 Å². The van der Waals surface area contributed by atoms with E-state index >= 15 is 0 Å². The molecule has 0 radical (unpaired) electrons. The van der Waals surface area contributed by atoms with Crippen LogP contribution in [0.1, 0.15) is 26.7 Å². The highest BCUT2D eigenvalue weighted by molar-refractivity contribution is 6.37. The molecule has 0 unspecified atom stereocenters. The number of rotatable bonds is 4. The molecule has 1 heterocycles. The summed E-state index contributed by atoms with van der Waals surface area (Å²) in [7, 11) is 0. The van der Waals surface area contributed by atoms with Gasteiger partial charge in [-0.1, -0.05) is 5.16 Å². The van der Waals surface area contributed by atoms with Crippen LogP contribution in [-0.4, -0.2) is 42.5 Å². The first kappa shape index (κ1) is 13.8. The minimum Gasteiger partial charge on any atom is -0.465 e. The molecule has 0 aromatic heterocycles. The molecule has 0 aromatic carbocycles. The van der Waals surface area contributed by atoms with E-state index in [1.165, 1.54) is 0 Å². The van der Waals surface area contributed by atoms with E-state index in [0.717, 1.165) is 0 Å². The highest BCUT2D eigenvalue weighted by atomic mass is 16.7. The van der Waals surface area contributed by atoms with Crippen LogP contribution in [0.15, 0.2) is 5.16 Å². The summed E-state index contributed by atoms with van der Waals surface area (Å²) in [6.45, 7) is 3.94. The summed E-state index contributed by atoms with van der Waals surface area (Å²) in [5, 5.41) is 3.73. The van der Waals surface area contributed by atoms with Gasteiger partial charge in [-0.05, 0) is 26.7 Å². The number of oxime groups is 1. The van der Waals surface area contributed by atoms with Gasteiger partial charge in [0, 0.05) is 0 Å². The SMILES string of the molecule is CCOC(=O)C1=NO[C@H]2[C@@H]1CC[C@]2(N)C(=O)OCC. The first-order valence-corrected chi connectivity index (χ1v) is 6.41. The zero-order valence-electron chi connectivity index (χ0n) is 11.0. The monoisotopic (exact) mass is 270 g/mol. The smallest absolute Gasteiger partial charge is 0.356 e. The van der Waals surface area contributed by atoms with Crippen LogP contribution >= 0.6 is 0 Å². The minimum absolute atomic E-state index is 0.212. The fourth-order valence-corrected chi connectivity index (χ4v) is 2.55. The lowest BCUT2D eigenvalue weighted by atomic mass is 9.92. The minimum atomic E-state index is -1.24. The van der Waals surface area contributed by atoms with Gasteiger partial charge in [0.15, 0.2) is 17.4 Å². The van der Waals surface area contributed by atoms with Crippen molar-refractivity contribution in [2.24, 2.45) is 16.8 Å². The summed E-state index contributed by atoms with van der Waals surface area (Å²) >= 11 is 0. The molecule has 0 amide bonds. The maximum Gasteiger partial charge on any atom is 0.356 e. The number of nitrogens with two attached hydrogens (primary N) is 1. The third-order valence-electron chi connectivity index (χ3n) is 3.50. The van der Waals surface area contributed by atoms with Gasteiger partial charge in [0.25, 0.3) is 0 Å². The van der Waals surface area contributed by atoms with Gasteiger partial charge in [0.1, 0.15) is 0 Å². The van der Waals surface area contributed by atoms with Gasteiger partial charge in [-0.2, -0.15) is 0 Å². The number of nitrogens with zero attached hydrogens (tertiary/aromatic N) is 1. The fraction of sp³-hybridized carbons (Fsp3) is 0.750. The average Bonchev–Trinajstić information content (AvgIpc) is 2.92. The van der Waals surface area contributed by atoms with Crippen LogP contribution in [0.5, 0.6) is 0 Å². The first-order valence-electron chi connectivity index (χ1n) is 6.41. The Morgan fingerprint density at radius 1 is 1.42 bits per heavy atom. The van der Waals surface area contributed by atoms with Crippen molar-refractivity contribution in [3.8, 4) is 0 Å². The summed E-state index contributed by atoms with van der Waals surface area (Å²) in [4.78, 5) is 28.8. The molecule has 1 saturated carbocycles. The quantitative estimate of drug-likeness (QED) is 0.720. The molecule has 3 atom stereocenters. The van der Waals surface area contributed by atoms with Crippen molar-refractivity contribution in [2.75, 3.05) is 13.2 Å². The lowest BCUT2D eigenvalue weighted by Gasteiger charge is -2.26. The van der Waals surface area contributed by atoms with Crippen LogP contribution in [0, 0.1) is 5.92 Å². The molecule has 0 bridgehead atoms. The molecule has 7 heteroatoms. The molecule has 0 spiro atoms. The van der Waals surface area contributed by atoms with Crippen LogP contribution in [0.3, 0.4) is 0 Å². The summed E-state index contributed by atoms with van der Waals surface area (Å²) in [5.74, 6) is -1.32. The standard InChI is InChI=1S/C12H18N2O5/c1-3-17-10(15)8-7-5-6-12(13,9(7)19-14-8)11(16)18-4-2/h7,9H,3-6,13H2,1-2H3/t7-,9+,12-/m1/s1. The molecule has 1 aliphatic heterocycles. The van der Waals surface area contributed by atoms with Gasteiger partial charge < -0.3 is 20.0 Å². The number of hydrogen-bond donors (Lipinski definition) is 1. The highest BCUT2D eigenvalue weighted by Gasteiger charge is 2.59. The molecule has 106 valence electrons. The number of ether oxygens (including phenoxy) is 2. The maximum absolute atomic E-state index is 11.9. The Bertz CT molecular complexity index is 422. The summed E-state index contributed by atoms with van der Waals surface area (Å²) < 4.78 is 9.87. The van der Waals surface area contributed by atoms with E-state index in [0.29, 0.717) is 12.8 Å². The van der Waals surface area contributed by atoms with Crippen LogP contribution in [0.4, 0.5) is 0 Å². The van der Waals surface area contributed by atoms with Crippen molar-refractivity contribution in [1.82, 2.24) is 0 Å². The normalized spacial score (nSPS) is 32.3. The van der Waals surface area contributed by atoms with Gasteiger partial charge in [-0.25, -0.2) is 9.59 Å². The van der Waals surface area contributed by atoms with Crippen molar-refractivity contribution in [2.45, 2.75) is 38.3 Å². The Hall–Kier alpha value is -1.63. The van der Waals surface area contributed by atoms with Crippen LogP contribution in [0.2, 0.25) is 0 Å². The summed E-state index contributed by atoms with van der Waals surface area (Å²) in [6.07, 6.45) is 0.308. The fourth-order valence-electron chi connectivity index (χ4n) is 2.55. The zero-order chi connectivity index (χ0) is 14.0. The Kier molecular flexibility index (Phi) is 3.75. The van der Waals surface area contributed by atoms with Crippen molar-refractivity contribution in [3.05, 3.63) is 0 Å². The molecule has 2 aliphatic rings. The Morgan fingerprint density at radius 2 is 2.11 bits per heavy atom. The molecule has 0 aromatic rings. The van der Waals surface area contributed by atoms with Crippen molar-refractivity contribution in [3.63, 3.8) is 0 Å². The van der Waals surface area contributed by atoms with E-state index in [1.54, 1.807) is 13.8 Å². The topological polar surface area (TPSA) is 100 Å². The molecule has 1 aliphatic carbocycles. The Morgan fingerprint density at radius 3 is 2.74 bits per heavy atom. The van der Waals surface area contributed by atoms with E-state index in [-0.39, 0.29) is 24.8 Å². The highest BCUT2D eigenvalue weighted by Crippen LogP contribution is 2.41. The van der Waals surface area contributed by atoms with Gasteiger partial charge in [0.05, 0.1) is 19.1 Å². The van der Waals surface area contributed by atoms with Crippen LogP contribution in [-0.2, 0) is 23.9 Å². The second kappa shape index (κ2) is 5.16. The predicted octanol–water partition coefficient (Wildman–Crippen LogP) is -0.0251. The maximum atomic E-state index is 11.9. The summed E-state index contributed by atoms with van der Waals surface area (Å²) in [6, 6.07) is 0. The Balaban J connectivity index is 2.11. The van der Waals surface area contributed by atoms with Gasteiger partial charge in [-0.15, -0.1) is 0 Å². The lowest BCUT2D eigenvalue weighted by Crippen LogP contribution is -2.56. The second-order valence-electron chi connectivity index (χ2n) is 4.63. The van der Waals surface area contributed by atoms with Gasteiger partial charge >= 0.3 is 11.9 Å². The number of carbonyl (C=O) groups excluding carboxylic acids is 2. The predicted molar refractivity (Wildman–Crippen MR) is 65.2 cm³/mol. The molecule has 7 nitrogen and oxygen atoms in total. The van der Waals surface area contributed by atoms with E-state index in [1.807, 2.05) is 0 Å². The van der Waals surface area contributed by atoms with Crippen LogP contribution in [0.25, 0.3) is 0 Å². The molecular weight excluding hydrogens is 252 g/mol. The van der Waals surface area contributed by atoms with Crippen molar-refractivity contribution < 1.29 is 23.9 Å². The molecular formula is C12H18N2O5. The number of carbonyl (C=O) groups is 2. The van der Waals surface area contributed by atoms with E-state index < -0.39 is 23.6 Å². The summed E-state index contributed by atoms with van der Waals surface area (Å²) in [5.41, 5.74) is 5.06. The average molecular weight is 270 g/mol. The van der Waals surface area contributed by atoms with E-state index in [2.05, 4.69) is 5.16 Å². The number of hydrogen-bond acceptors (Lipinski definition) is 7. The lowest BCUT2D eigenvalue weighted by molar-refractivity contribution is -0.154. The van der Waals surface area contributed by atoms with Crippen LogP contribution < -0.4 is 5.73 Å². The first-order chi connectivity index (χ1) is 9.04. The third-order valence-corrected chi connectivity index (χ3v) is 3.50. The Labute approximate surface area is 111 Å². The second-order valence-corrected chi connectivity index (χ2v) is 4.63. The number of fused-ring (bicyclic) bond motifs is 1. The van der Waals surface area contributed by atoms with E-state index in [4.69, 9.17) is 20.0 Å².